The van der Waals surface area contributed by atoms with Gasteiger partial charge in [-0.15, -0.1) is 0 Å². The Morgan fingerprint density at radius 1 is 1.47 bits per heavy atom. The highest BCUT2D eigenvalue weighted by atomic mass is 32.2. The van der Waals surface area contributed by atoms with E-state index >= 15 is 0 Å². The molecule has 1 aliphatic heterocycles. The second-order valence-corrected chi connectivity index (χ2v) is 6.65. The van der Waals surface area contributed by atoms with Crippen LogP contribution in [0.4, 0.5) is 0 Å². The quantitative estimate of drug-likeness (QED) is 0.755. The van der Waals surface area contributed by atoms with Gasteiger partial charge in [0.1, 0.15) is 0 Å². The fraction of sp³-hybridized carbons (Fsp3) is 1.00. The number of nitrogens with one attached hydrogen (secondary N) is 2. The Balaban J connectivity index is 2.14. The van der Waals surface area contributed by atoms with E-state index in [2.05, 4.69) is 50.1 Å². The summed E-state index contributed by atoms with van der Waals surface area (Å²) in [5, 5.41) is 7.15. The summed E-state index contributed by atoms with van der Waals surface area (Å²) in [5.74, 6) is 3.27. The Morgan fingerprint density at radius 2 is 2.20 bits per heavy atom. The molecule has 1 rings (SSSR count). The number of hydrogen-bond donors (Lipinski definition) is 2. The molecule has 1 saturated heterocycles. The van der Waals surface area contributed by atoms with Crippen molar-refractivity contribution in [1.82, 2.24) is 10.6 Å². The lowest BCUT2D eigenvalue weighted by molar-refractivity contribution is 0.236. The van der Waals surface area contributed by atoms with Crippen molar-refractivity contribution < 1.29 is 0 Å². The van der Waals surface area contributed by atoms with E-state index in [0.717, 1.165) is 19.0 Å². The second kappa shape index (κ2) is 6.12. The van der Waals surface area contributed by atoms with E-state index in [4.69, 9.17) is 0 Å². The van der Waals surface area contributed by atoms with E-state index < -0.39 is 0 Å². The first-order chi connectivity index (χ1) is 7.02. The molecular formula is C12H26N2S. The average Bonchev–Trinajstić information content (AvgIpc) is 2.19. The van der Waals surface area contributed by atoms with Crippen LogP contribution in [0.15, 0.2) is 0 Å². The molecule has 1 fully saturated rings. The minimum Gasteiger partial charge on any atom is -0.315 e. The zero-order chi connectivity index (χ0) is 11.3. The molecule has 0 amide bonds. The predicted molar refractivity (Wildman–Crippen MR) is 70.6 cm³/mol. The topological polar surface area (TPSA) is 24.1 Å². The van der Waals surface area contributed by atoms with Gasteiger partial charge in [-0.1, -0.05) is 27.7 Å². The third-order valence-corrected chi connectivity index (χ3v) is 4.66. The Bertz CT molecular complexity index is 174. The van der Waals surface area contributed by atoms with E-state index in [1.165, 1.54) is 18.1 Å². The smallest absolute Gasteiger partial charge is 0.0283 e. The summed E-state index contributed by atoms with van der Waals surface area (Å²) >= 11 is 2.06. The van der Waals surface area contributed by atoms with Crippen LogP contribution in [-0.2, 0) is 0 Å². The average molecular weight is 230 g/mol. The van der Waals surface area contributed by atoms with Gasteiger partial charge in [0, 0.05) is 37.2 Å². The molecule has 3 heteroatoms. The molecule has 0 radical (unpaired) electrons. The largest absolute Gasteiger partial charge is 0.315 e. The monoisotopic (exact) mass is 230 g/mol. The summed E-state index contributed by atoms with van der Waals surface area (Å²) in [4.78, 5) is 0. The van der Waals surface area contributed by atoms with Gasteiger partial charge < -0.3 is 10.6 Å². The summed E-state index contributed by atoms with van der Waals surface area (Å²) < 4.78 is 0. The van der Waals surface area contributed by atoms with E-state index in [0.29, 0.717) is 11.5 Å². The molecule has 1 aliphatic rings. The first-order valence-corrected chi connectivity index (χ1v) is 7.19. The highest BCUT2D eigenvalue weighted by molar-refractivity contribution is 7.99. The Labute approximate surface area is 99.0 Å². The van der Waals surface area contributed by atoms with Gasteiger partial charge in [0.2, 0.25) is 0 Å². The fourth-order valence-corrected chi connectivity index (χ4v) is 2.47. The van der Waals surface area contributed by atoms with Gasteiger partial charge in [-0.2, -0.15) is 11.8 Å². The van der Waals surface area contributed by atoms with Crippen molar-refractivity contribution >= 4 is 11.8 Å². The zero-order valence-electron chi connectivity index (χ0n) is 10.6. The highest BCUT2D eigenvalue weighted by Crippen LogP contribution is 2.24. The van der Waals surface area contributed by atoms with Gasteiger partial charge in [0.25, 0.3) is 0 Å². The molecule has 1 atom stereocenters. The Kier molecular flexibility index (Phi) is 5.44. The fourth-order valence-electron chi connectivity index (χ4n) is 1.52. The lowest BCUT2D eigenvalue weighted by Crippen LogP contribution is -2.46. The normalized spacial score (nSPS) is 23.4. The van der Waals surface area contributed by atoms with E-state index in [-0.39, 0.29) is 0 Å². The van der Waals surface area contributed by atoms with Crippen LogP contribution in [0.3, 0.4) is 0 Å². The molecule has 0 aliphatic carbocycles. The van der Waals surface area contributed by atoms with Crippen LogP contribution in [0.5, 0.6) is 0 Å². The van der Waals surface area contributed by atoms with Gasteiger partial charge >= 0.3 is 0 Å². The molecular weight excluding hydrogens is 204 g/mol. The lowest BCUT2D eigenvalue weighted by Gasteiger charge is -2.31. The predicted octanol–water partition coefficient (Wildman–Crippen LogP) is 1.96. The van der Waals surface area contributed by atoms with Crippen LogP contribution in [0.1, 0.15) is 27.7 Å². The van der Waals surface area contributed by atoms with Gasteiger partial charge in [0.15, 0.2) is 0 Å². The van der Waals surface area contributed by atoms with Crippen molar-refractivity contribution in [2.45, 2.75) is 33.7 Å². The molecule has 0 bridgehead atoms. The summed E-state index contributed by atoms with van der Waals surface area (Å²) in [5.41, 5.74) is 0.405. The molecule has 2 N–H and O–H groups in total. The summed E-state index contributed by atoms with van der Waals surface area (Å²) in [6, 6.07) is 0.673. The van der Waals surface area contributed by atoms with Gasteiger partial charge in [-0.25, -0.2) is 0 Å². The SMILES string of the molecule is CC(C)C(C)(C)CNCC1CSCCN1. The third-order valence-electron chi connectivity index (χ3n) is 3.53. The van der Waals surface area contributed by atoms with Crippen LogP contribution in [0, 0.1) is 11.3 Å². The Hall–Kier alpha value is 0.270. The van der Waals surface area contributed by atoms with Crippen molar-refractivity contribution in [3.63, 3.8) is 0 Å². The maximum atomic E-state index is 3.60. The first kappa shape index (κ1) is 13.3. The molecule has 0 aromatic carbocycles. The summed E-state index contributed by atoms with van der Waals surface area (Å²) in [6.07, 6.45) is 0. The Morgan fingerprint density at radius 3 is 2.73 bits per heavy atom. The van der Waals surface area contributed by atoms with Crippen molar-refractivity contribution in [2.24, 2.45) is 11.3 Å². The molecule has 1 unspecified atom stereocenters. The maximum absolute atomic E-state index is 3.60. The molecule has 1 heterocycles. The van der Waals surface area contributed by atoms with Crippen molar-refractivity contribution in [3.8, 4) is 0 Å². The molecule has 0 aromatic heterocycles. The minimum absolute atomic E-state index is 0.405. The summed E-state index contributed by atoms with van der Waals surface area (Å²) in [6.45, 7) is 12.7. The van der Waals surface area contributed by atoms with E-state index in [9.17, 15) is 0 Å². The van der Waals surface area contributed by atoms with Gasteiger partial charge in [-0.3, -0.25) is 0 Å². The maximum Gasteiger partial charge on any atom is 0.0283 e. The van der Waals surface area contributed by atoms with Crippen molar-refractivity contribution in [3.05, 3.63) is 0 Å². The van der Waals surface area contributed by atoms with Gasteiger partial charge in [0.05, 0.1) is 0 Å². The zero-order valence-corrected chi connectivity index (χ0v) is 11.4. The van der Waals surface area contributed by atoms with Crippen molar-refractivity contribution in [2.75, 3.05) is 31.1 Å². The molecule has 15 heavy (non-hydrogen) atoms. The van der Waals surface area contributed by atoms with E-state index in [1.807, 2.05) is 0 Å². The molecule has 0 spiro atoms. The number of rotatable bonds is 5. The third kappa shape index (κ3) is 4.75. The van der Waals surface area contributed by atoms with Crippen LogP contribution >= 0.6 is 11.8 Å². The standard InChI is InChI=1S/C12H26N2S/c1-10(2)12(3,4)9-13-7-11-8-15-6-5-14-11/h10-11,13-14H,5-9H2,1-4H3. The van der Waals surface area contributed by atoms with Gasteiger partial charge in [-0.05, 0) is 11.3 Å². The van der Waals surface area contributed by atoms with Crippen LogP contribution in [0.2, 0.25) is 0 Å². The lowest BCUT2D eigenvalue weighted by atomic mass is 9.81. The molecule has 0 saturated carbocycles. The highest BCUT2D eigenvalue weighted by Gasteiger charge is 2.22. The minimum atomic E-state index is 0.405. The number of thioether (sulfide) groups is 1. The number of hydrogen-bond acceptors (Lipinski definition) is 3. The summed E-state index contributed by atoms with van der Waals surface area (Å²) in [7, 11) is 0. The van der Waals surface area contributed by atoms with Crippen LogP contribution in [-0.4, -0.2) is 37.2 Å². The van der Waals surface area contributed by atoms with Crippen LogP contribution in [0.25, 0.3) is 0 Å². The molecule has 2 nitrogen and oxygen atoms in total. The van der Waals surface area contributed by atoms with Crippen LogP contribution < -0.4 is 10.6 Å². The van der Waals surface area contributed by atoms with Crippen molar-refractivity contribution in [1.29, 1.82) is 0 Å². The first-order valence-electron chi connectivity index (χ1n) is 6.04. The van der Waals surface area contributed by atoms with E-state index in [1.54, 1.807) is 0 Å². The second-order valence-electron chi connectivity index (χ2n) is 5.50. The molecule has 90 valence electrons. The molecule has 0 aromatic rings.